The average molecular weight is 209 g/mol. The van der Waals surface area contributed by atoms with Crippen LogP contribution in [0.25, 0.3) is 0 Å². The van der Waals surface area contributed by atoms with Gasteiger partial charge in [0.2, 0.25) is 0 Å². The summed E-state index contributed by atoms with van der Waals surface area (Å²) >= 11 is 0. The number of likely N-dealkylation sites (tertiary alicyclic amines) is 1. The van der Waals surface area contributed by atoms with E-state index in [0.29, 0.717) is 18.0 Å². The Kier molecular flexibility index (Phi) is 3.18. The largest absolute Gasteiger partial charge is 0.457 e. The summed E-state index contributed by atoms with van der Waals surface area (Å²) in [5.41, 5.74) is 0. The second-order valence-corrected chi connectivity index (χ2v) is 3.99. The van der Waals surface area contributed by atoms with E-state index in [1.54, 1.807) is 6.07 Å². The Morgan fingerprint density at radius 3 is 3.07 bits per heavy atom. The monoisotopic (exact) mass is 209 g/mol. The molecule has 0 radical (unpaired) electrons. The van der Waals surface area contributed by atoms with Crippen LogP contribution in [0.3, 0.4) is 0 Å². The predicted molar refractivity (Wildman–Crippen MR) is 54.6 cm³/mol. The molecule has 1 atom stereocenters. The van der Waals surface area contributed by atoms with Crippen LogP contribution >= 0.6 is 0 Å². The Bertz CT molecular complexity index is 334. The molecular weight excluding hydrogens is 194 g/mol. The Morgan fingerprint density at radius 1 is 1.60 bits per heavy atom. The number of aliphatic hydroxyl groups excluding tert-OH is 1. The van der Waals surface area contributed by atoms with Crippen molar-refractivity contribution in [2.24, 2.45) is 5.92 Å². The number of aliphatic hydroxyl groups is 1. The van der Waals surface area contributed by atoms with Gasteiger partial charge in [-0.15, -0.1) is 0 Å². The molecule has 1 fully saturated rings. The first-order valence-electron chi connectivity index (χ1n) is 5.19. The SMILES string of the molecule is O=Cc1ccc(CN2CCC(CO)C2)o1. The first-order chi connectivity index (χ1) is 7.31. The molecule has 1 aromatic rings. The summed E-state index contributed by atoms with van der Waals surface area (Å²) in [5.74, 6) is 1.59. The van der Waals surface area contributed by atoms with Crippen molar-refractivity contribution < 1.29 is 14.3 Å². The number of rotatable bonds is 4. The van der Waals surface area contributed by atoms with Gasteiger partial charge in [0.15, 0.2) is 12.0 Å². The molecule has 1 aromatic heterocycles. The standard InChI is InChI=1S/C11H15NO3/c13-7-9-3-4-12(5-9)6-10-1-2-11(8-14)15-10/h1-2,8-9,13H,3-7H2. The van der Waals surface area contributed by atoms with Crippen LogP contribution in [0.5, 0.6) is 0 Å². The fraction of sp³-hybridized carbons (Fsp3) is 0.545. The zero-order valence-corrected chi connectivity index (χ0v) is 8.56. The van der Waals surface area contributed by atoms with Gasteiger partial charge in [0.25, 0.3) is 0 Å². The van der Waals surface area contributed by atoms with Crippen LogP contribution in [0.2, 0.25) is 0 Å². The second-order valence-electron chi connectivity index (χ2n) is 3.99. The molecule has 0 saturated carbocycles. The van der Waals surface area contributed by atoms with Crippen LogP contribution in [0.1, 0.15) is 22.7 Å². The average Bonchev–Trinajstić information content (AvgIpc) is 2.87. The molecule has 1 unspecified atom stereocenters. The summed E-state index contributed by atoms with van der Waals surface area (Å²) in [6.07, 6.45) is 1.75. The normalized spacial score (nSPS) is 22.1. The van der Waals surface area contributed by atoms with E-state index in [9.17, 15) is 4.79 Å². The van der Waals surface area contributed by atoms with Crippen molar-refractivity contribution in [3.05, 3.63) is 23.7 Å². The van der Waals surface area contributed by atoms with Gasteiger partial charge in [0, 0.05) is 13.2 Å². The van der Waals surface area contributed by atoms with Gasteiger partial charge in [-0.25, -0.2) is 0 Å². The molecule has 1 aliphatic rings. The van der Waals surface area contributed by atoms with Gasteiger partial charge >= 0.3 is 0 Å². The third kappa shape index (κ3) is 2.46. The number of hydrogen-bond acceptors (Lipinski definition) is 4. The molecular formula is C11H15NO3. The molecule has 15 heavy (non-hydrogen) atoms. The minimum absolute atomic E-state index is 0.258. The highest BCUT2D eigenvalue weighted by molar-refractivity contribution is 5.70. The summed E-state index contributed by atoms with van der Waals surface area (Å²) in [6.45, 7) is 2.88. The highest BCUT2D eigenvalue weighted by Crippen LogP contribution is 2.18. The van der Waals surface area contributed by atoms with Crippen LogP contribution in [0.4, 0.5) is 0 Å². The van der Waals surface area contributed by atoms with Crippen LogP contribution in [0, 0.1) is 5.92 Å². The lowest BCUT2D eigenvalue weighted by Crippen LogP contribution is -2.20. The van der Waals surface area contributed by atoms with Crippen molar-refractivity contribution >= 4 is 6.29 Å². The van der Waals surface area contributed by atoms with Crippen LogP contribution in [0.15, 0.2) is 16.5 Å². The van der Waals surface area contributed by atoms with Crippen molar-refractivity contribution in [3.8, 4) is 0 Å². The van der Waals surface area contributed by atoms with Gasteiger partial charge in [0.05, 0.1) is 6.54 Å². The zero-order chi connectivity index (χ0) is 10.7. The number of aldehydes is 1. The Balaban J connectivity index is 1.89. The van der Waals surface area contributed by atoms with E-state index in [4.69, 9.17) is 9.52 Å². The summed E-state index contributed by atoms with van der Waals surface area (Å²) in [7, 11) is 0. The second kappa shape index (κ2) is 4.59. The number of hydrogen-bond donors (Lipinski definition) is 1. The van der Waals surface area contributed by atoms with Gasteiger partial charge < -0.3 is 9.52 Å². The summed E-state index contributed by atoms with van der Waals surface area (Å²) in [5, 5.41) is 9.00. The van der Waals surface area contributed by atoms with Crippen molar-refractivity contribution in [3.63, 3.8) is 0 Å². The lowest BCUT2D eigenvalue weighted by atomic mass is 10.1. The molecule has 1 aliphatic heterocycles. The highest BCUT2D eigenvalue weighted by atomic mass is 16.3. The minimum Gasteiger partial charge on any atom is -0.457 e. The molecule has 0 aromatic carbocycles. The molecule has 82 valence electrons. The molecule has 0 amide bonds. The Labute approximate surface area is 88.5 Å². The van der Waals surface area contributed by atoms with Crippen LogP contribution < -0.4 is 0 Å². The minimum atomic E-state index is 0.258. The molecule has 0 spiro atoms. The third-order valence-corrected chi connectivity index (χ3v) is 2.81. The quantitative estimate of drug-likeness (QED) is 0.749. The van der Waals surface area contributed by atoms with Gasteiger partial charge in [-0.3, -0.25) is 9.69 Å². The molecule has 4 nitrogen and oxygen atoms in total. The predicted octanol–water partition coefficient (Wildman–Crippen LogP) is 0.906. The van der Waals surface area contributed by atoms with Crippen molar-refractivity contribution in [2.75, 3.05) is 19.7 Å². The zero-order valence-electron chi connectivity index (χ0n) is 8.56. The number of carbonyl (C=O) groups is 1. The summed E-state index contributed by atoms with van der Waals surface area (Å²) in [6, 6.07) is 3.51. The molecule has 2 rings (SSSR count). The van der Waals surface area contributed by atoms with Crippen molar-refractivity contribution in [1.29, 1.82) is 0 Å². The summed E-state index contributed by atoms with van der Waals surface area (Å²) < 4.78 is 5.29. The molecule has 1 saturated heterocycles. The van der Waals surface area contributed by atoms with Gasteiger partial charge in [-0.1, -0.05) is 0 Å². The smallest absolute Gasteiger partial charge is 0.185 e. The van der Waals surface area contributed by atoms with Crippen molar-refractivity contribution in [1.82, 2.24) is 4.90 Å². The van der Waals surface area contributed by atoms with Gasteiger partial charge in [-0.05, 0) is 31.0 Å². The van der Waals surface area contributed by atoms with E-state index in [1.807, 2.05) is 6.07 Å². The van der Waals surface area contributed by atoms with E-state index < -0.39 is 0 Å². The van der Waals surface area contributed by atoms with Crippen molar-refractivity contribution in [2.45, 2.75) is 13.0 Å². The molecule has 2 heterocycles. The maximum absolute atomic E-state index is 10.4. The fourth-order valence-electron chi connectivity index (χ4n) is 1.97. The Hall–Kier alpha value is -1.13. The molecule has 4 heteroatoms. The number of furan rings is 1. The van der Waals surface area contributed by atoms with Crippen LogP contribution in [-0.4, -0.2) is 36.0 Å². The first kappa shape index (κ1) is 10.4. The summed E-state index contributed by atoms with van der Waals surface area (Å²) in [4.78, 5) is 12.6. The van der Waals surface area contributed by atoms with Crippen LogP contribution in [-0.2, 0) is 6.54 Å². The van der Waals surface area contributed by atoms with Gasteiger partial charge in [-0.2, -0.15) is 0 Å². The number of carbonyl (C=O) groups excluding carboxylic acids is 1. The van der Waals surface area contributed by atoms with Gasteiger partial charge in [0.1, 0.15) is 5.76 Å². The molecule has 1 N–H and O–H groups in total. The Morgan fingerprint density at radius 2 is 2.47 bits per heavy atom. The number of nitrogens with zero attached hydrogens (tertiary/aromatic N) is 1. The van der Waals surface area contributed by atoms with E-state index >= 15 is 0 Å². The lowest BCUT2D eigenvalue weighted by Gasteiger charge is -2.13. The van der Waals surface area contributed by atoms with E-state index in [-0.39, 0.29) is 6.61 Å². The van der Waals surface area contributed by atoms with E-state index in [0.717, 1.165) is 31.8 Å². The van der Waals surface area contributed by atoms with E-state index in [1.165, 1.54) is 0 Å². The maximum atomic E-state index is 10.4. The lowest BCUT2D eigenvalue weighted by molar-refractivity contribution is 0.109. The third-order valence-electron chi connectivity index (χ3n) is 2.81. The fourth-order valence-corrected chi connectivity index (χ4v) is 1.97. The topological polar surface area (TPSA) is 53.7 Å². The maximum Gasteiger partial charge on any atom is 0.185 e. The highest BCUT2D eigenvalue weighted by Gasteiger charge is 2.22. The molecule has 0 aliphatic carbocycles. The molecule has 0 bridgehead atoms. The first-order valence-corrected chi connectivity index (χ1v) is 5.19. The van der Waals surface area contributed by atoms with E-state index in [2.05, 4.69) is 4.90 Å².